The minimum absolute atomic E-state index is 0. The van der Waals surface area contributed by atoms with E-state index in [1.165, 1.54) is 27.8 Å². The molecule has 6 aromatic heterocycles. The van der Waals surface area contributed by atoms with E-state index in [4.69, 9.17) is 21.1 Å². The molecule has 328 valence electrons. The summed E-state index contributed by atoms with van der Waals surface area (Å²) in [6.45, 7) is 21.4. The average Bonchev–Trinajstić information content (AvgIpc) is 3.88. The van der Waals surface area contributed by atoms with Gasteiger partial charge in [0.15, 0.2) is 11.0 Å². The molecule has 13 heteroatoms. The van der Waals surface area contributed by atoms with E-state index in [1.54, 1.807) is 0 Å². The van der Waals surface area contributed by atoms with Gasteiger partial charge in [0.2, 0.25) is 0 Å². The fourth-order valence-electron chi connectivity index (χ4n) is 9.87. The first-order valence-electron chi connectivity index (χ1n) is 21.8. The van der Waals surface area contributed by atoms with Crippen molar-refractivity contribution in [1.29, 1.82) is 5.41 Å². The molecule has 8 rings (SSSR count). The highest BCUT2D eigenvalue weighted by Crippen LogP contribution is 2.38. The van der Waals surface area contributed by atoms with E-state index >= 15 is 0 Å². The minimum Gasteiger partial charge on any atom is -0.350 e. The molecule has 0 saturated heterocycles. The number of hydrogen-bond acceptors (Lipinski definition) is 4. The number of benzene rings is 2. The lowest BCUT2D eigenvalue weighted by Gasteiger charge is -2.19. The van der Waals surface area contributed by atoms with Crippen molar-refractivity contribution in [2.24, 2.45) is 10.7 Å². The third kappa shape index (κ3) is 8.46. The van der Waals surface area contributed by atoms with Gasteiger partial charge in [-0.3, -0.25) is 14.2 Å². The van der Waals surface area contributed by atoms with E-state index in [0.717, 1.165) is 122 Å². The summed E-state index contributed by atoms with van der Waals surface area (Å²) in [5.41, 5.74) is 23.8. The Bertz CT molecular complexity index is 2990. The van der Waals surface area contributed by atoms with Gasteiger partial charge in [-0.05, 0) is 137 Å². The second-order valence-corrected chi connectivity index (χ2v) is 18.7. The number of primary amides is 1. The molecular formula is C49H60Br2ClN9O. The van der Waals surface area contributed by atoms with Crippen LogP contribution in [0.25, 0.3) is 55.9 Å². The van der Waals surface area contributed by atoms with E-state index in [1.807, 2.05) is 6.92 Å². The number of imidazole rings is 2. The lowest BCUT2D eigenvalue weighted by atomic mass is 9.97. The van der Waals surface area contributed by atoms with Gasteiger partial charge in [0, 0.05) is 55.7 Å². The first-order chi connectivity index (χ1) is 29.1. The van der Waals surface area contributed by atoms with Crippen molar-refractivity contribution in [3.63, 3.8) is 0 Å². The van der Waals surface area contributed by atoms with Crippen LogP contribution in [0, 0.1) is 47.0 Å². The number of rotatable bonds is 12. The van der Waals surface area contributed by atoms with E-state index in [0.29, 0.717) is 17.0 Å². The highest BCUT2D eigenvalue weighted by Gasteiger charge is 2.26. The molecule has 0 radical (unpaired) electrons. The highest BCUT2D eigenvalue weighted by atomic mass is 79.9. The molecule has 62 heavy (non-hydrogen) atoms. The number of hydrogen-bond donors (Lipinski definition) is 2. The van der Waals surface area contributed by atoms with Crippen LogP contribution < -0.4 is 16.7 Å². The van der Waals surface area contributed by atoms with Crippen molar-refractivity contribution in [2.75, 3.05) is 0 Å². The Morgan fingerprint density at radius 3 is 1.40 bits per heavy atom. The van der Waals surface area contributed by atoms with Crippen molar-refractivity contribution in [3.05, 3.63) is 102 Å². The maximum Gasteiger partial charge on any atom is 0.340 e. The van der Waals surface area contributed by atoms with Crippen LogP contribution in [0.3, 0.4) is 0 Å². The van der Waals surface area contributed by atoms with Gasteiger partial charge in [-0.2, -0.15) is 4.99 Å². The van der Waals surface area contributed by atoms with Gasteiger partial charge in [-0.1, -0.05) is 85.2 Å². The first kappa shape index (κ1) is 47.0. The number of nitrogens with one attached hydrogen (secondary N) is 1. The van der Waals surface area contributed by atoms with Crippen LogP contribution in [-0.4, -0.2) is 33.9 Å². The Labute approximate surface area is 387 Å². The molecule has 0 atom stereocenters. The average molecular weight is 986 g/mol. The molecule has 0 bridgehead atoms. The van der Waals surface area contributed by atoms with E-state index in [9.17, 15) is 4.79 Å². The Hall–Kier alpha value is -4.52. The smallest absolute Gasteiger partial charge is 0.340 e. The van der Waals surface area contributed by atoms with Crippen molar-refractivity contribution < 1.29 is 4.79 Å². The summed E-state index contributed by atoms with van der Waals surface area (Å²) in [7, 11) is 0. The molecule has 0 saturated carbocycles. The maximum atomic E-state index is 12.0. The zero-order chi connectivity index (χ0) is 44.0. The second-order valence-electron chi connectivity index (χ2n) is 16.9. The number of carbonyl (C=O) groups is 1. The fraction of sp³-hybridized carbons (Fsp3) is 0.408. The molecule has 10 nitrogen and oxygen atoms in total. The van der Waals surface area contributed by atoms with Crippen LogP contribution in [0.1, 0.15) is 125 Å². The van der Waals surface area contributed by atoms with Gasteiger partial charge >= 0.3 is 6.03 Å². The Morgan fingerprint density at radius 2 is 1.00 bits per heavy atom. The van der Waals surface area contributed by atoms with Gasteiger partial charge in [-0.25, -0.2) is 14.8 Å². The summed E-state index contributed by atoms with van der Waals surface area (Å²) in [4.78, 5) is 26.1. The van der Waals surface area contributed by atoms with Crippen LogP contribution >= 0.6 is 44.3 Å². The summed E-state index contributed by atoms with van der Waals surface area (Å²) >= 11 is 7.21. The predicted molar refractivity (Wildman–Crippen MR) is 264 cm³/mol. The lowest BCUT2D eigenvalue weighted by molar-refractivity contribution is 0.255. The molecular weight excluding hydrogens is 926 g/mol. The van der Waals surface area contributed by atoms with E-state index in [2.05, 4.69) is 166 Å². The Kier molecular flexibility index (Phi) is 14.4. The summed E-state index contributed by atoms with van der Waals surface area (Å²) in [6.07, 6.45) is 8.57. The number of urea groups is 1. The third-order valence-electron chi connectivity index (χ3n) is 12.1. The van der Waals surface area contributed by atoms with Crippen LogP contribution in [0.4, 0.5) is 4.79 Å². The standard InChI is InChI=1S/C25H30BrN5O.C24H29BrN4.ClH/c1-6-8-18(9-7-2)30-21-12-16(5)28-23-19(22-14(3)10-17(26)11-15(22)4)13-20(31(21)23)24(30)29-25(27)32;1-6-8-18(9-7-2)28-21-12-16(5)27-24-19(13-20(23(28)26)29(21)24)22-14(3)10-17(25)11-15(22)4;/h10-13,18H,6-9H2,1-5H3,(H2,27,32);10-13,18,26H,6-9H2,1-5H3;1H. The normalized spacial score (nSPS) is 12.2. The topological polar surface area (TPSA) is 124 Å². The molecule has 0 aliphatic carbocycles. The van der Waals surface area contributed by atoms with Gasteiger partial charge < -0.3 is 14.9 Å². The monoisotopic (exact) mass is 983 g/mol. The number of halogens is 3. The molecule has 2 aromatic carbocycles. The molecule has 2 amide bonds. The number of aromatic nitrogens is 6. The number of amides is 2. The van der Waals surface area contributed by atoms with Crippen molar-refractivity contribution in [3.8, 4) is 22.3 Å². The van der Waals surface area contributed by atoms with Crippen LogP contribution in [-0.2, 0) is 0 Å². The Morgan fingerprint density at radius 1 is 0.629 bits per heavy atom. The van der Waals surface area contributed by atoms with Crippen LogP contribution in [0.2, 0.25) is 0 Å². The molecule has 0 aliphatic heterocycles. The van der Waals surface area contributed by atoms with E-state index in [-0.39, 0.29) is 18.4 Å². The largest absolute Gasteiger partial charge is 0.350 e. The Balaban J connectivity index is 0.000000204. The molecule has 0 fully saturated rings. The molecule has 8 aromatic rings. The second kappa shape index (κ2) is 19.1. The summed E-state index contributed by atoms with van der Waals surface area (Å²) in [5, 5.41) is 9.02. The van der Waals surface area contributed by atoms with Gasteiger partial charge in [-0.15, -0.1) is 12.4 Å². The summed E-state index contributed by atoms with van der Waals surface area (Å²) in [6, 6.07) is 17.0. The van der Waals surface area contributed by atoms with Gasteiger partial charge in [0.05, 0.1) is 11.0 Å². The molecule has 3 N–H and O–H groups in total. The highest BCUT2D eigenvalue weighted by molar-refractivity contribution is 9.10. The van der Waals surface area contributed by atoms with Gasteiger partial charge in [0.25, 0.3) is 0 Å². The zero-order valence-electron chi connectivity index (χ0n) is 37.7. The number of nitrogens with zero attached hydrogens (tertiary/aromatic N) is 7. The summed E-state index contributed by atoms with van der Waals surface area (Å²) < 4.78 is 10.9. The van der Waals surface area contributed by atoms with Crippen molar-refractivity contribution in [2.45, 2.75) is 133 Å². The van der Waals surface area contributed by atoms with E-state index < -0.39 is 6.03 Å². The fourth-order valence-corrected chi connectivity index (χ4v) is 11.2. The predicted octanol–water partition coefficient (Wildman–Crippen LogP) is 13.3. The minimum atomic E-state index is -0.679. The SMILES string of the molecule is CCCC(CCC)n1c(=N)c2cc(-c3c(C)cc(Br)cc3C)c3nc(C)cc1n32.CCCC(CCC)n1c(=NC(N)=O)c2cc(-c3c(C)cc(Br)cc3C)c3nc(C)cc1n32.Cl. The third-order valence-corrected chi connectivity index (χ3v) is 13.0. The molecule has 0 aliphatic rings. The molecule has 6 heterocycles. The lowest BCUT2D eigenvalue weighted by Crippen LogP contribution is -2.25. The number of nitrogens with two attached hydrogens (primary N) is 1. The van der Waals surface area contributed by atoms with Crippen molar-refractivity contribution in [1.82, 2.24) is 27.9 Å². The molecule has 0 unspecified atom stereocenters. The number of aryl methyl sites for hydroxylation is 6. The maximum absolute atomic E-state index is 12.0. The summed E-state index contributed by atoms with van der Waals surface area (Å²) in [5.74, 6) is 0. The number of carbonyl (C=O) groups excluding carboxylic acids is 1. The quantitative estimate of drug-likeness (QED) is 0.127. The van der Waals surface area contributed by atoms with Crippen molar-refractivity contribution >= 4 is 83.9 Å². The zero-order valence-corrected chi connectivity index (χ0v) is 41.7. The van der Waals surface area contributed by atoms with Crippen LogP contribution in [0.15, 0.2) is 62.5 Å². The first-order valence-corrected chi connectivity index (χ1v) is 23.4. The molecule has 0 spiro atoms. The van der Waals surface area contributed by atoms with Crippen LogP contribution in [0.5, 0.6) is 0 Å². The van der Waals surface area contributed by atoms with Gasteiger partial charge in [0.1, 0.15) is 22.6 Å².